The number of halogens is 1. The van der Waals surface area contributed by atoms with Crippen LogP contribution >= 0.6 is 15.9 Å². The maximum Gasteiger partial charge on any atom is 0.261 e. The van der Waals surface area contributed by atoms with Gasteiger partial charge in [-0.3, -0.25) is 4.72 Å². The Morgan fingerprint density at radius 1 is 1.15 bits per heavy atom. The SMILES string of the molecule is Cc1cc(O)c(Br)c(C)c1NS(=O)(=O)c1ccccc1. The lowest BCUT2D eigenvalue weighted by Gasteiger charge is -2.15. The number of anilines is 1. The van der Waals surface area contributed by atoms with Crippen LogP contribution in [-0.4, -0.2) is 13.5 Å². The smallest absolute Gasteiger partial charge is 0.261 e. The van der Waals surface area contributed by atoms with Crippen LogP contribution < -0.4 is 4.72 Å². The van der Waals surface area contributed by atoms with E-state index < -0.39 is 10.0 Å². The summed E-state index contributed by atoms with van der Waals surface area (Å²) in [5.41, 5.74) is 1.77. The van der Waals surface area contributed by atoms with Crippen molar-refractivity contribution in [3.8, 4) is 5.75 Å². The predicted molar refractivity (Wildman–Crippen MR) is 82.5 cm³/mol. The topological polar surface area (TPSA) is 66.4 Å². The van der Waals surface area contributed by atoms with Gasteiger partial charge >= 0.3 is 0 Å². The maximum absolute atomic E-state index is 12.3. The van der Waals surface area contributed by atoms with Crippen LogP contribution in [0.2, 0.25) is 0 Å². The number of aromatic hydroxyl groups is 1. The van der Waals surface area contributed by atoms with Gasteiger partial charge in [-0.15, -0.1) is 0 Å². The lowest BCUT2D eigenvalue weighted by Crippen LogP contribution is -2.14. The number of hydrogen-bond donors (Lipinski definition) is 2. The molecule has 0 fully saturated rings. The molecule has 0 aliphatic heterocycles. The van der Waals surface area contributed by atoms with Crippen LogP contribution in [0, 0.1) is 13.8 Å². The molecule has 0 heterocycles. The summed E-state index contributed by atoms with van der Waals surface area (Å²) in [4.78, 5) is 0.197. The van der Waals surface area contributed by atoms with Crippen molar-refractivity contribution in [1.82, 2.24) is 0 Å². The molecule has 0 saturated heterocycles. The number of sulfonamides is 1. The maximum atomic E-state index is 12.3. The molecule has 0 aliphatic carbocycles. The minimum atomic E-state index is -3.64. The van der Waals surface area contributed by atoms with E-state index in [0.717, 1.165) is 0 Å². The van der Waals surface area contributed by atoms with Crippen molar-refractivity contribution in [2.24, 2.45) is 0 Å². The number of aryl methyl sites for hydroxylation is 1. The molecule has 0 bridgehead atoms. The molecule has 4 nitrogen and oxygen atoms in total. The normalized spacial score (nSPS) is 11.3. The summed E-state index contributed by atoms with van der Waals surface area (Å²) in [6.07, 6.45) is 0. The van der Waals surface area contributed by atoms with E-state index in [1.807, 2.05) is 0 Å². The van der Waals surface area contributed by atoms with Crippen molar-refractivity contribution < 1.29 is 13.5 Å². The molecule has 0 unspecified atom stereocenters. The largest absolute Gasteiger partial charge is 0.507 e. The molecule has 20 heavy (non-hydrogen) atoms. The molecule has 0 saturated carbocycles. The summed E-state index contributed by atoms with van der Waals surface area (Å²) in [6.45, 7) is 3.47. The highest BCUT2D eigenvalue weighted by molar-refractivity contribution is 9.10. The van der Waals surface area contributed by atoms with Gasteiger partial charge in [-0.25, -0.2) is 8.42 Å². The van der Waals surface area contributed by atoms with Gasteiger partial charge in [0.15, 0.2) is 0 Å². The van der Waals surface area contributed by atoms with E-state index in [4.69, 9.17) is 0 Å². The number of benzene rings is 2. The van der Waals surface area contributed by atoms with Crippen molar-refractivity contribution in [2.45, 2.75) is 18.7 Å². The van der Waals surface area contributed by atoms with Gasteiger partial charge in [-0.05, 0) is 59.1 Å². The van der Waals surface area contributed by atoms with E-state index in [9.17, 15) is 13.5 Å². The van der Waals surface area contributed by atoms with Crippen LogP contribution in [0.15, 0.2) is 45.8 Å². The zero-order chi connectivity index (χ0) is 14.9. The molecule has 0 spiro atoms. The fourth-order valence-corrected chi connectivity index (χ4v) is 3.42. The molecule has 2 N–H and O–H groups in total. The minimum absolute atomic E-state index is 0.0858. The highest BCUT2D eigenvalue weighted by Crippen LogP contribution is 2.36. The van der Waals surface area contributed by atoms with E-state index in [1.165, 1.54) is 18.2 Å². The van der Waals surface area contributed by atoms with E-state index in [1.54, 1.807) is 32.0 Å². The first-order chi connectivity index (χ1) is 9.33. The molecule has 2 aromatic rings. The second-order valence-corrected chi connectivity index (χ2v) is 6.92. The van der Waals surface area contributed by atoms with E-state index >= 15 is 0 Å². The third-order valence-corrected chi connectivity index (χ3v) is 5.33. The highest BCUT2D eigenvalue weighted by atomic mass is 79.9. The standard InChI is InChI=1S/C14H14BrNO3S/c1-9-8-12(17)13(15)10(2)14(9)16-20(18,19)11-6-4-3-5-7-11/h3-8,16-17H,1-2H3. The van der Waals surface area contributed by atoms with Crippen molar-refractivity contribution in [1.29, 1.82) is 0 Å². The van der Waals surface area contributed by atoms with Gasteiger partial charge in [0.25, 0.3) is 10.0 Å². The highest BCUT2D eigenvalue weighted by Gasteiger charge is 2.18. The Balaban J connectivity index is 2.48. The zero-order valence-corrected chi connectivity index (χ0v) is 13.4. The Labute approximate surface area is 126 Å². The van der Waals surface area contributed by atoms with Gasteiger partial charge in [0.2, 0.25) is 0 Å². The van der Waals surface area contributed by atoms with Gasteiger partial charge < -0.3 is 5.11 Å². The molecule has 0 amide bonds. The third-order valence-electron chi connectivity index (χ3n) is 2.97. The summed E-state index contributed by atoms with van der Waals surface area (Å²) in [6, 6.07) is 9.67. The summed E-state index contributed by atoms with van der Waals surface area (Å²) >= 11 is 3.24. The number of phenolic OH excluding ortho intramolecular Hbond substituents is 1. The fraction of sp³-hybridized carbons (Fsp3) is 0.143. The molecule has 0 radical (unpaired) electrons. The van der Waals surface area contributed by atoms with Crippen molar-refractivity contribution in [2.75, 3.05) is 4.72 Å². The van der Waals surface area contributed by atoms with Crippen LogP contribution in [0.25, 0.3) is 0 Å². The summed E-state index contributed by atoms with van der Waals surface area (Å²) in [7, 11) is -3.64. The van der Waals surface area contributed by atoms with Gasteiger partial charge in [0.1, 0.15) is 5.75 Å². The van der Waals surface area contributed by atoms with Crippen molar-refractivity contribution in [3.05, 3.63) is 52.0 Å². The second kappa shape index (κ2) is 5.46. The fourth-order valence-electron chi connectivity index (χ4n) is 1.89. The van der Waals surface area contributed by atoms with Gasteiger partial charge in [0, 0.05) is 0 Å². The van der Waals surface area contributed by atoms with E-state index in [2.05, 4.69) is 20.7 Å². The van der Waals surface area contributed by atoms with Gasteiger partial charge in [-0.2, -0.15) is 0 Å². The molecule has 6 heteroatoms. The Morgan fingerprint density at radius 2 is 1.75 bits per heavy atom. The number of nitrogens with one attached hydrogen (secondary N) is 1. The van der Waals surface area contributed by atoms with Crippen molar-refractivity contribution >= 4 is 31.6 Å². The lowest BCUT2D eigenvalue weighted by molar-refractivity contribution is 0.471. The van der Waals surface area contributed by atoms with E-state index in [0.29, 0.717) is 21.3 Å². The quantitative estimate of drug-likeness (QED) is 0.827. The lowest BCUT2D eigenvalue weighted by atomic mass is 10.1. The molecule has 2 aromatic carbocycles. The van der Waals surface area contributed by atoms with Crippen LogP contribution in [0.4, 0.5) is 5.69 Å². The Bertz CT molecular complexity index is 743. The van der Waals surface area contributed by atoms with Crippen LogP contribution in [0.3, 0.4) is 0 Å². The number of rotatable bonds is 3. The third kappa shape index (κ3) is 2.81. The summed E-state index contributed by atoms with van der Waals surface area (Å²) in [5.74, 6) is 0.0858. The van der Waals surface area contributed by atoms with Crippen LogP contribution in [0.1, 0.15) is 11.1 Å². The van der Waals surface area contributed by atoms with Crippen molar-refractivity contribution in [3.63, 3.8) is 0 Å². The Kier molecular flexibility index (Phi) is 4.06. The minimum Gasteiger partial charge on any atom is -0.507 e. The zero-order valence-electron chi connectivity index (χ0n) is 11.0. The van der Waals surface area contributed by atoms with Crippen LogP contribution in [0.5, 0.6) is 5.75 Å². The summed E-state index contributed by atoms with van der Waals surface area (Å²) in [5, 5.41) is 9.70. The second-order valence-electron chi connectivity index (χ2n) is 4.45. The number of phenols is 1. The molecule has 2 rings (SSSR count). The molecule has 0 aromatic heterocycles. The average Bonchev–Trinajstić information content (AvgIpc) is 2.42. The monoisotopic (exact) mass is 355 g/mol. The predicted octanol–water partition coefficient (Wildman–Crippen LogP) is 3.57. The first kappa shape index (κ1) is 14.9. The van der Waals surface area contributed by atoms with Crippen LogP contribution in [-0.2, 0) is 10.0 Å². The molecule has 0 aliphatic rings. The first-order valence-electron chi connectivity index (χ1n) is 5.89. The average molecular weight is 356 g/mol. The number of hydrogen-bond acceptors (Lipinski definition) is 3. The molecular weight excluding hydrogens is 342 g/mol. The Morgan fingerprint density at radius 3 is 2.35 bits per heavy atom. The summed E-state index contributed by atoms with van der Waals surface area (Å²) < 4.78 is 27.7. The van der Waals surface area contributed by atoms with Gasteiger partial charge in [0.05, 0.1) is 15.1 Å². The van der Waals surface area contributed by atoms with E-state index in [-0.39, 0.29) is 10.6 Å². The first-order valence-corrected chi connectivity index (χ1v) is 8.17. The molecule has 106 valence electrons. The van der Waals surface area contributed by atoms with Gasteiger partial charge in [-0.1, -0.05) is 18.2 Å². The molecular formula is C14H14BrNO3S. The Hall–Kier alpha value is -1.53. The molecule has 0 atom stereocenters.